The maximum Gasteiger partial charge on any atom is 0.319 e. The fourth-order valence-electron chi connectivity index (χ4n) is 1.53. The molecular formula is C9H17BrN2O. The lowest BCUT2D eigenvalue weighted by Crippen LogP contribution is -2.48. The number of rotatable bonds is 3. The minimum atomic E-state index is 0.180. The van der Waals surface area contributed by atoms with Gasteiger partial charge in [0.1, 0.15) is 0 Å². The molecular weight excluding hydrogens is 232 g/mol. The maximum absolute atomic E-state index is 11.6. The second kappa shape index (κ2) is 4.84. The zero-order chi connectivity index (χ0) is 9.84. The van der Waals surface area contributed by atoms with Crippen molar-refractivity contribution in [3.63, 3.8) is 0 Å². The first kappa shape index (κ1) is 10.8. The molecule has 76 valence electrons. The van der Waals surface area contributed by atoms with E-state index in [4.69, 9.17) is 0 Å². The molecule has 0 aromatic carbocycles. The summed E-state index contributed by atoms with van der Waals surface area (Å²) in [6.07, 6.45) is 1.09. The first-order valence-electron chi connectivity index (χ1n) is 4.71. The molecule has 4 heteroatoms. The molecule has 0 spiro atoms. The molecule has 0 N–H and O–H groups in total. The van der Waals surface area contributed by atoms with E-state index in [1.54, 1.807) is 4.90 Å². The molecule has 1 aliphatic heterocycles. The lowest BCUT2D eigenvalue weighted by molar-refractivity contribution is 0.135. The molecule has 1 saturated heterocycles. The predicted octanol–water partition coefficient (Wildman–Crippen LogP) is 1.77. The molecule has 0 saturated carbocycles. The molecule has 3 nitrogen and oxygen atoms in total. The summed E-state index contributed by atoms with van der Waals surface area (Å²) in [4.78, 5) is 15.3. The number of hydrogen-bond acceptors (Lipinski definition) is 1. The molecule has 0 bridgehead atoms. The summed E-state index contributed by atoms with van der Waals surface area (Å²) < 4.78 is 0. The Labute approximate surface area is 88.2 Å². The molecule has 1 atom stereocenters. The van der Waals surface area contributed by atoms with E-state index < -0.39 is 0 Å². The smallest absolute Gasteiger partial charge is 0.319 e. The van der Waals surface area contributed by atoms with Crippen molar-refractivity contribution >= 4 is 22.0 Å². The van der Waals surface area contributed by atoms with Crippen LogP contribution < -0.4 is 0 Å². The Kier molecular flexibility index (Phi) is 4.03. The van der Waals surface area contributed by atoms with Gasteiger partial charge in [0.15, 0.2) is 0 Å². The number of halogens is 1. The van der Waals surface area contributed by atoms with Crippen LogP contribution in [0.4, 0.5) is 4.79 Å². The van der Waals surface area contributed by atoms with E-state index in [9.17, 15) is 4.79 Å². The lowest BCUT2D eigenvalue weighted by atomic mass is 10.2. The molecule has 0 radical (unpaired) electrons. The third kappa shape index (κ3) is 2.86. The number of amides is 2. The standard InChI is InChI=1S/C9H17BrN2O/c1-8(6-10)7-12-5-3-4-11(2)9(12)13/h8H,3-7H2,1-2H3. The van der Waals surface area contributed by atoms with Gasteiger partial charge in [0, 0.05) is 32.0 Å². The van der Waals surface area contributed by atoms with Crippen LogP contribution in [-0.4, -0.2) is 47.8 Å². The average Bonchev–Trinajstić information content (AvgIpc) is 2.13. The van der Waals surface area contributed by atoms with Gasteiger partial charge in [-0.2, -0.15) is 0 Å². The highest BCUT2D eigenvalue weighted by atomic mass is 79.9. The van der Waals surface area contributed by atoms with E-state index in [1.807, 2.05) is 11.9 Å². The Hall–Kier alpha value is -0.250. The fraction of sp³-hybridized carbons (Fsp3) is 0.889. The topological polar surface area (TPSA) is 23.6 Å². The highest BCUT2D eigenvalue weighted by Crippen LogP contribution is 2.10. The number of carbonyl (C=O) groups is 1. The Bertz CT molecular complexity index is 186. The van der Waals surface area contributed by atoms with Gasteiger partial charge in [0.2, 0.25) is 0 Å². The number of alkyl halides is 1. The Morgan fingerprint density at radius 1 is 1.54 bits per heavy atom. The van der Waals surface area contributed by atoms with Gasteiger partial charge in [-0.1, -0.05) is 22.9 Å². The van der Waals surface area contributed by atoms with Crippen molar-refractivity contribution in [1.82, 2.24) is 9.80 Å². The van der Waals surface area contributed by atoms with Crippen LogP contribution in [0.3, 0.4) is 0 Å². The van der Waals surface area contributed by atoms with Crippen molar-refractivity contribution in [3.8, 4) is 0 Å². The summed E-state index contributed by atoms with van der Waals surface area (Å²) in [5.41, 5.74) is 0. The molecule has 2 amide bonds. The van der Waals surface area contributed by atoms with Crippen LogP contribution >= 0.6 is 15.9 Å². The van der Waals surface area contributed by atoms with Gasteiger partial charge < -0.3 is 9.80 Å². The van der Waals surface area contributed by atoms with Gasteiger partial charge in [0.05, 0.1) is 0 Å². The molecule has 0 aromatic rings. The van der Waals surface area contributed by atoms with E-state index in [0.717, 1.165) is 31.4 Å². The van der Waals surface area contributed by atoms with Gasteiger partial charge in [-0.05, 0) is 12.3 Å². The van der Waals surface area contributed by atoms with Crippen molar-refractivity contribution in [2.75, 3.05) is 32.0 Å². The van der Waals surface area contributed by atoms with Gasteiger partial charge >= 0.3 is 6.03 Å². The van der Waals surface area contributed by atoms with Crippen molar-refractivity contribution < 1.29 is 4.79 Å². The summed E-state index contributed by atoms with van der Waals surface area (Å²) in [7, 11) is 1.87. The average molecular weight is 249 g/mol. The van der Waals surface area contributed by atoms with E-state index in [1.165, 1.54) is 0 Å². The molecule has 0 aliphatic carbocycles. The maximum atomic E-state index is 11.6. The fourth-order valence-corrected chi connectivity index (χ4v) is 1.73. The summed E-state index contributed by atoms with van der Waals surface area (Å²) in [6, 6.07) is 0.180. The molecule has 1 rings (SSSR count). The third-order valence-corrected chi connectivity index (χ3v) is 3.42. The number of hydrogen-bond donors (Lipinski definition) is 0. The van der Waals surface area contributed by atoms with Crippen molar-refractivity contribution in [1.29, 1.82) is 0 Å². The normalized spacial score (nSPS) is 20.7. The van der Waals surface area contributed by atoms with Crippen LogP contribution in [-0.2, 0) is 0 Å². The molecule has 1 heterocycles. The van der Waals surface area contributed by atoms with Crippen LogP contribution in [0.25, 0.3) is 0 Å². The van der Waals surface area contributed by atoms with Crippen LogP contribution in [0, 0.1) is 5.92 Å². The first-order chi connectivity index (χ1) is 6.15. The Balaban J connectivity index is 2.44. The Morgan fingerprint density at radius 3 is 2.85 bits per heavy atom. The Morgan fingerprint density at radius 2 is 2.23 bits per heavy atom. The van der Waals surface area contributed by atoms with Crippen LogP contribution in [0.1, 0.15) is 13.3 Å². The van der Waals surface area contributed by atoms with Crippen molar-refractivity contribution in [2.24, 2.45) is 5.92 Å². The van der Waals surface area contributed by atoms with E-state index in [2.05, 4.69) is 22.9 Å². The largest absolute Gasteiger partial charge is 0.328 e. The van der Waals surface area contributed by atoms with Gasteiger partial charge in [-0.15, -0.1) is 0 Å². The SMILES string of the molecule is CC(CBr)CN1CCCN(C)C1=O. The zero-order valence-electron chi connectivity index (χ0n) is 8.29. The second-order valence-corrected chi connectivity index (χ2v) is 4.41. The predicted molar refractivity (Wildman–Crippen MR) is 57.2 cm³/mol. The summed E-state index contributed by atoms with van der Waals surface area (Å²) >= 11 is 3.43. The summed E-state index contributed by atoms with van der Waals surface area (Å²) in [5, 5.41) is 0.959. The summed E-state index contributed by atoms with van der Waals surface area (Å²) in [5.74, 6) is 0.537. The first-order valence-corrected chi connectivity index (χ1v) is 5.83. The number of urea groups is 1. The highest BCUT2D eigenvalue weighted by molar-refractivity contribution is 9.09. The lowest BCUT2D eigenvalue weighted by Gasteiger charge is -2.34. The molecule has 1 unspecified atom stereocenters. The van der Waals surface area contributed by atoms with Crippen LogP contribution in [0.15, 0.2) is 0 Å². The molecule has 13 heavy (non-hydrogen) atoms. The van der Waals surface area contributed by atoms with Crippen LogP contribution in [0.5, 0.6) is 0 Å². The quantitative estimate of drug-likeness (QED) is 0.699. The molecule has 1 aliphatic rings. The van der Waals surface area contributed by atoms with Gasteiger partial charge in [-0.25, -0.2) is 4.79 Å². The molecule has 0 aromatic heterocycles. The van der Waals surface area contributed by atoms with Crippen molar-refractivity contribution in [3.05, 3.63) is 0 Å². The van der Waals surface area contributed by atoms with Gasteiger partial charge in [-0.3, -0.25) is 0 Å². The van der Waals surface area contributed by atoms with Crippen LogP contribution in [0.2, 0.25) is 0 Å². The molecule has 1 fully saturated rings. The minimum absolute atomic E-state index is 0.180. The van der Waals surface area contributed by atoms with E-state index in [-0.39, 0.29) is 6.03 Å². The number of carbonyl (C=O) groups excluding carboxylic acids is 1. The zero-order valence-corrected chi connectivity index (χ0v) is 9.88. The van der Waals surface area contributed by atoms with E-state index >= 15 is 0 Å². The number of nitrogens with zero attached hydrogens (tertiary/aromatic N) is 2. The highest BCUT2D eigenvalue weighted by Gasteiger charge is 2.23. The van der Waals surface area contributed by atoms with E-state index in [0.29, 0.717) is 5.92 Å². The second-order valence-electron chi connectivity index (χ2n) is 3.76. The monoisotopic (exact) mass is 248 g/mol. The minimum Gasteiger partial charge on any atom is -0.328 e. The van der Waals surface area contributed by atoms with Gasteiger partial charge in [0.25, 0.3) is 0 Å². The van der Waals surface area contributed by atoms with Crippen molar-refractivity contribution in [2.45, 2.75) is 13.3 Å². The third-order valence-electron chi connectivity index (χ3n) is 2.31. The summed E-state index contributed by atoms with van der Waals surface area (Å²) in [6.45, 7) is 4.84.